The molecule has 0 bridgehead atoms. The average molecular weight is 276 g/mol. The van der Waals surface area contributed by atoms with Crippen molar-refractivity contribution in [2.24, 2.45) is 11.7 Å². The number of ether oxygens (including phenoxy) is 2. The molecule has 0 unspecified atom stereocenters. The summed E-state index contributed by atoms with van der Waals surface area (Å²) in [5.41, 5.74) is 5.54. The van der Waals surface area contributed by atoms with E-state index in [1.165, 1.54) is 0 Å². The van der Waals surface area contributed by atoms with Gasteiger partial charge in [-0.05, 0) is 12.3 Å². The first-order chi connectivity index (χ1) is 8.56. The van der Waals surface area contributed by atoms with Crippen LogP contribution in [0.1, 0.15) is 26.7 Å². The van der Waals surface area contributed by atoms with Gasteiger partial charge in [-0.2, -0.15) is 0 Å². The van der Waals surface area contributed by atoms with Gasteiger partial charge in [0.05, 0.1) is 11.6 Å². The number of methoxy groups -OCH3 is 1. The zero-order chi connectivity index (χ0) is 13.8. The molecule has 0 heterocycles. The van der Waals surface area contributed by atoms with E-state index < -0.39 is 0 Å². The zero-order valence-corrected chi connectivity index (χ0v) is 12.8. The van der Waals surface area contributed by atoms with Gasteiger partial charge in [0.15, 0.2) is 0 Å². The molecule has 0 radical (unpaired) electrons. The minimum absolute atomic E-state index is 0.588. The van der Waals surface area contributed by atoms with Crippen molar-refractivity contribution in [2.75, 3.05) is 46.6 Å². The van der Waals surface area contributed by atoms with Gasteiger partial charge in [-0.1, -0.05) is 26.1 Å². The molecule has 0 saturated carbocycles. The molecule has 0 amide bonds. The van der Waals surface area contributed by atoms with Crippen LogP contribution in [0.25, 0.3) is 0 Å². The molecule has 0 spiro atoms. The van der Waals surface area contributed by atoms with Crippen molar-refractivity contribution in [1.82, 2.24) is 4.90 Å². The molecule has 0 aliphatic heterocycles. The van der Waals surface area contributed by atoms with Crippen LogP contribution in [0.2, 0.25) is 0 Å². The molecule has 5 heteroatoms. The van der Waals surface area contributed by atoms with E-state index in [1.54, 1.807) is 7.11 Å². The van der Waals surface area contributed by atoms with Crippen molar-refractivity contribution in [3.05, 3.63) is 0 Å². The Morgan fingerprint density at radius 3 is 2.50 bits per heavy atom. The van der Waals surface area contributed by atoms with E-state index in [1.807, 2.05) is 0 Å². The highest BCUT2D eigenvalue weighted by molar-refractivity contribution is 7.80. The molecule has 4 nitrogen and oxygen atoms in total. The molecule has 0 rings (SSSR count). The summed E-state index contributed by atoms with van der Waals surface area (Å²) < 4.78 is 10.5. The van der Waals surface area contributed by atoms with E-state index in [9.17, 15) is 0 Å². The summed E-state index contributed by atoms with van der Waals surface area (Å²) in [7, 11) is 1.71. The van der Waals surface area contributed by atoms with E-state index in [-0.39, 0.29) is 0 Å². The zero-order valence-electron chi connectivity index (χ0n) is 12.0. The lowest BCUT2D eigenvalue weighted by Gasteiger charge is -2.23. The Kier molecular flexibility index (Phi) is 11.7. The third-order valence-electron chi connectivity index (χ3n) is 2.49. The lowest BCUT2D eigenvalue weighted by Crippen LogP contribution is -2.34. The van der Waals surface area contributed by atoms with Gasteiger partial charge in [-0.25, -0.2) is 0 Å². The predicted octanol–water partition coefficient (Wildman–Crippen LogP) is 1.67. The van der Waals surface area contributed by atoms with Gasteiger partial charge in [0, 0.05) is 46.4 Å². The molecule has 0 aromatic heterocycles. The number of rotatable bonds is 12. The summed E-state index contributed by atoms with van der Waals surface area (Å²) in [6, 6.07) is 0. The molecule has 108 valence electrons. The first-order valence-electron chi connectivity index (χ1n) is 6.63. The second-order valence-corrected chi connectivity index (χ2v) is 5.39. The Labute approximate surface area is 117 Å². The van der Waals surface area contributed by atoms with Crippen LogP contribution in [-0.2, 0) is 9.47 Å². The Balaban J connectivity index is 3.68. The topological polar surface area (TPSA) is 47.7 Å². The Morgan fingerprint density at radius 2 is 1.94 bits per heavy atom. The maximum absolute atomic E-state index is 5.57. The van der Waals surface area contributed by atoms with Gasteiger partial charge in [0.25, 0.3) is 0 Å². The highest BCUT2D eigenvalue weighted by atomic mass is 32.1. The van der Waals surface area contributed by atoms with Gasteiger partial charge in [0.2, 0.25) is 0 Å². The van der Waals surface area contributed by atoms with E-state index in [0.717, 1.165) is 52.3 Å². The van der Waals surface area contributed by atoms with E-state index in [4.69, 9.17) is 27.4 Å². The maximum atomic E-state index is 5.57. The van der Waals surface area contributed by atoms with Crippen LogP contribution >= 0.6 is 12.2 Å². The third kappa shape index (κ3) is 12.2. The standard InChI is InChI=1S/C13H28N2O2S/c1-12(2)11-15(6-5-13(14)18)7-10-17-9-4-8-16-3/h12H,4-11H2,1-3H3,(H2,14,18). The first kappa shape index (κ1) is 17.8. The summed E-state index contributed by atoms with van der Waals surface area (Å²) in [6.45, 7) is 9.64. The highest BCUT2D eigenvalue weighted by Crippen LogP contribution is 2.00. The maximum Gasteiger partial charge on any atom is 0.0740 e. The van der Waals surface area contributed by atoms with Gasteiger partial charge >= 0.3 is 0 Å². The normalized spacial score (nSPS) is 11.4. The largest absolute Gasteiger partial charge is 0.393 e. The molecule has 0 aliphatic rings. The molecular formula is C13H28N2O2S. The second kappa shape index (κ2) is 11.8. The van der Waals surface area contributed by atoms with Crippen molar-refractivity contribution in [3.63, 3.8) is 0 Å². The summed E-state index contributed by atoms with van der Waals surface area (Å²) in [4.78, 5) is 2.95. The molecule has 0 saturated heterocycles. The number of hydrogen-bond acceptors (Lipinski definition) is 4. The smallest absolute Gasteiger partial charge is 0.0740 e. The SMILES string of the molecule is COCCCOCCN(CCC(N)=S)CC(C)C. The molecule has 2 N–H and O–H groups in total. The number of nitrogens with two attached hydrogens (primary N) is 1. The molecular weight excluding hydrogens is 248 g/mol. The summed E-state index contributed by atoms with van der Waals surface area (Å²) in [5, 5.41) is 0. The number of thiocarbonyl (C=S) groups is 1. The molecule has 0 aromatic carbocycles. The minimum Gasteiger partial charge on any atom is -0.393 e. The van der Waals surface area contributed by atoms with E-state index >= 15 is 0 Å². The average Bonchev–Trinajstić information content (AvgIpc) is 2.29. The lowest BCUT2D eigenvalue weighted by atomic mass is 10.2. The third-order valence-corrected chi connectivity index (χ3v) is 2.69. The molecule has 18 heavy (non-hydrogen) atoms. The van der Waals surface area contributed by atoms with Crippen molar-refractivity contribution in [1.29, 1.82) is 0 Å². The van der Waals surface area contributed by atoms with Crippen molar-refractivity contribution >= 4 is 17.2 Å². The van der Waals surface area contributed by atoms with Crippen LogP contribution in [0.4, 0.5) is 0 Å². The molecule has 0 fully saturated rings. The van der Waals surface area contributed by atoms with Crippen LogP contribution in [0.15, 0.2) is 0 Å². The van der Waals surface area contributed by atoms with Crippen LogP contribution in [0, 0.1) is 5.92 Å². The minimum atomic E-state index is 0.588. The summed E-state index contributed by atoms with van der Waals surface area (Å²) in [6.07, 6.45) is 1.74. The fourth-order valence-corrected chi connectivity index (χ4v) is 1.77. The highest BCUT2D eigenvalue weighted by Gasteiger charge is 2.07. The van der Waals surface area contributed by atoms with E-state index in [2.05, 4.69) is 18.7 Å². The fourth-order valence-electron chi connectivity index (χ4n) is 1.68. The van der Waals surface area contributed by atoms with Crippen molar-refractivity contribution in [3.8, 4) is 0 Å². The van der Waals surface area contributed by atoms with Crippen LogP contribution < -0.4 is 5.73 Å². The van der Waals surface area contributed by atoms with Gasteiger partial charge in [-0.15, -0.1) is 0 Å². The van der Waals surface area contributed by atoms with Gasteiger partial charge in [0.1, 0.15) is 0 Å². The molecule has 0 atom stereocenters. The van der Waals surface area contributed by atoms with Crippen molar-refractivity contribution < 1.29 is 9.47 Å². The van der Waals surface area contributed by atoms with Crippen molar-refractivity contribution in [2.45, 2.75) is 26.7 Å². The van der Waals surface area contributed by atoms with E-state index in [0.29, 0.717) is 10.9 Å². The number of nitrogens with zero attached hydrogens (tertiary/aromatic N) is 1. The van der Waals surface area contributed by atoms with Crippen LogP contribution in [0.3, 0.4) is 0 Å². The first-order valence-corrected chi connectivity index (χ1v) is 7.04. The second-order valence-electron chi connectivity index (χ2n) is 4.87. The molecule has 0 aliphatic carbocycles. The van der Waals surface area contributed by atoms with Crippen LogP contribution in [0.5, 0.6) is 0 Å². The Bertz CT molecular complexity index is 213. The van der Waals surface area contributed by atoms with Gasteiger partial charge < -0.3 is 20.1 Å². The quantitative estimate of drug-likeness (QED) is 0.434. The number of hydrogen-bond donors (Lipinski definition) is 1. The van der Waals surface area contributed by atoms with Crippen LogP contribution in [-0.4, -0.2) is 56.5 Å². The predicted molar refractivity (Wildman–Crippen MR) is 80.0 cm³/mol. The van der Waals surface area contributed by atoms with Gasteiger partial charge in [-0.3, -0.25) is 0 Å². The Morgan fingerprint density at radius 1 is 1.22 bits per heavy atom. The Hall–Kier alpha value is -0.230. The lowest BCUT2D eigenvalue weighted by molar-refractivity contribution is 0.0816. The summed E-state index contributed by atoms with van der Waals surface area (Å²) >= 11 is 4.92. The fraction of sp³-hybridized carbons (Fsp3) is 0.923. The summed E-state index contributed by atoms with van der Waals surface area (Å²) in [5.74, 6) is 0.643. The molecule has 0 aromatic rings. The monoisotopic (exact) mass is 276 g/mol.